The van der Waals surface area contributed by atoms with Crippen molar-refractivity contribution >= 4 is 17.3 Å². The van der Waals surface area contributed by atoms with Crippen LogP contribution in [0.15, 0.2) is 12.1 Å². The molecular weight excluding hydrogens is 260 g/mol. The van der Waals surface area contributed by atoms with Crippen LogP contribution in [-0.4, -0.2) is 42.3 Å². The number of nitrogens with one attached hydrogen (secondary N) is 1. The van der Waals surface area contributed by atoms with Gasteiger partial charge in [-0.25, -0.2) is 4.98 Å². The largest absolute Gasteiger partial charge is 0.375 e. The third kappa shape index (κ3) is 3.36. The molecule has 1 fully saturated rings. The maximum absolute atomic E-state index is 11.0. The molecule has 7 nitrogen and oxygen atoms in total. The molecule has 1 N–H and O–H groups in total. The molecule has 0 saturated carbocycles. The number of rotatable bonds is 5. The number of ether oxygens (including phenoxy) is 1. The van der Waals surface area contributed by atoms with Gasteiger partial charge in [-0.3, -0.25) is 10.1 Å². The monoisotopic (exact) mass is 280 g/mol. The van der Waals surface area contributed by atoms with E-state index < -0.39 is 0 Å². The third-order valence-corrected chi connectivity index (χ3v) is 3.28. The van der Waals surface area contributed by atoms with E-state index in [-0.39, 0.29) is 16.7 Å². The standard InChI is InChI=1S/C13H20N4O3/c1-3-11-9-16(5-6-20-11)13-8-10(17(18)19)7-12(15-13)14-4-2/h7-8,11H,3-6,9H2,1-2H3,(H,14,15). The molecule has 0 aliphatic carbocycles. The smallest absolute Gasteiger partial charge is 0.276 e. The van der Waals surface area contributed by atoms with Crippen LogP contribution in [0.1, 0.15) is 20.3 Å². The minimum atomic E-state index is -0.385. The van der Waals surface area contributed by atoms with Crippen LogP contribution in [-0.2, 0) is 4.74 Å². The van der Waals surface area contributed by atoms with E-state index in [2.05, 4.69) is 17.2 Å². The molecule has 2 rings (SSSR count). The van der Waals surface area contributed by atoms with E-state index in [1.54, 1.807) is 0 Å². The van der Waals surface area contributed by atoms with Crippen LogP contribution < -0.4 is 10.2 Å². The van der Waals surface area contributed by atoms with Gasteiger partial charge in [0.25, 0.3) is 5.69 Å². The van der Waals surface area contributed by atoms with Crippen LogP contribution in [0.25, 0.3) is 0 Å². The second-order valence-corrected chi connectivity index (χ2v) is 4.70. The highest BCUT2D eigenvalue weighted by Gasteiger charge is 2.22. The van der Waals surface area contributed by atoms with Crippen molar-refractivity contribution in [2.24, 2.45) is 0 Å². The fourth-order valence-electron chi connectivity index (χ4n) is 2.22. The van der Waals surface area contributed by atoms with Crippen LogP contribution in [0.5, 0.6) is 0 Å². The zero-order valence-corrected chi connectivity index (χ0v) is 11.8. The van der Waals surface area contributed by atoms with E-state index in [1.165, 1.54) is 12.1 Å². The highest BCUT2D eigenvalue weighted by Crippen LogP contribution is 2.25. The number of hydrogen-bond donors (Lipinski definition) is 1. The zero-order valence-electron chi connectivity index (χ0n) is 11.8. The van der Waals surface area contributed by atoms with Gasteiger partial charge in [0, 0.05) is 19.6 Å². The molecule has 0 radical (unpaired) electrons. The van der Waals surface area contributed by atoms with E-state index in [1.807, 2.05) is 11.8 Å². The Balaban J connectivity index is 2.27. The van der Waals surface area contributed by atoms with Gasteiger partial charge in [0.15, 0.2) is 0 Å². The van der Waals surface area contributed by atoms with Crippen molar-refractivity contribution in [3.8, 4) is 0 Å². The van der Waals surface area contributed by atoms with Gasteiger partial charge in [-0.05, 0) is 13.3 Å². The van der Waals surface area contributed by atoms with Gasteiger partial charge in [-0.1, -0.05) is 6.92 Å². The Kier molecular flexibility index (Phi) is 4.73. The first kappa shape index (κ1) is 14.5. The predicted molar refractivity (Wildman–Crippen MR) is 77.3 cm³/mol. The summed E-state index contributed by atoms with van der Waals surface area (Å²) >= 11 is 0. The molecule has 1 atom stereocenters. The topological polar surface area (TPSA) is 80.5 Å². The van der Waals surface area contributed by atoms with Crippen LogP contribution in [0.4, 0.5) is 17.3 Å². The fraction of sp³-hybridized carbons (Fsp3) is 0.615. The maximum Gasteiger partial charge on any atom is 0.276 e. The summed E-state index contributed by atoms with van der Waals surface area (Å²) in [5, 5.41) is 14.1. The summed E-state index contributed by atoms with van der Waals surface area (Å²) in [4.78, 5) is 17.1. The SMILES string of the molecule is CCNc1cc([N+](=O)[O-])cc(N2CCOC(CC)C2)n1. The maximum atomic E-state index is 11.0. The summed E-state index contributed by atoms with van der Waals surface area (Å²) in [6.07, 6.45) is 1.08. The zero-order chi connectivity index (χ0) is 14.5. The molecule has 1 aromatic heterocycles. The van der Waals surface area contributed by atoms with Crippen molar-refractivity contribution in [2.45, 2.75) is 26.4 Å². The summed E-state index contributed by atoms with van der Waals surface area (Å²) in [6, 6.07) is 2.99. The van der Waals surface area contributed by atoms with Crippen LogP contribution >= 0.6 is 0 Å². The number of nitro groups is 1. The van der Waals surface area contributed by atoms with Crippen molar-refractivity contribution in [3.05, 3.63) is 22.2 Å². The summed E-state index contributed by atoms with van der Waals surface area (Å²) in [5.74, 6) is 1.17. The molecule has 2 heterocycles. The van der Waals surface area contributed by atoms with Gasteiger partial charge in [0.2, 0.25) is 0 Å². The predicted octanol–water partition coefficient (Wildman–Crippen LogP) is 2.04. The fourth-order valence-corrected chi connectivity index (χ4v) is 2.22. The molecule has 0 amide bonds. The van der Waals surface area contributed by atoms with Gasteiger partial charge in [-0.2, -0.15) is 0 Å². The second kappa shape index (κ2) is 6.51. The van der Waals surface area contributed by atoms with Crippen molar-refractivity contribution in [1.82, 2.24) is 4.98 Å². The average molecular weight is 280 g/mol. The molecule has 7 heteroatoms. The van der Waals surface area contributed by atoms with E-state index in [4.69, 9.17) is 4.74 Å². The van der Waals surface area contributed by atoms with Crippen molar-refractivity contribution in [1.29, 1.82) is 0 Å². The lowest BCUT2D eigenvalue weighted by Gasteiger charge is -2.33. The summed E-state index contributed by atoms with van der Waals surface area (Å²) < 4.78 is 5.62. The van der Waals surface area contributed by atoms with Gasteiger partial charge in [0.1, 0.15) is 11.6 Å². The lowest BCUT2D eigenvalue weighted by molar-refractivity contribution is -0.384. The third-order valence-electron chi connectivity index (χ3n) is 3.28. The Morgan fingerprint density at radius 2 is 2.35 bits per heavy atom. The summed E-state index contributed by atoms with van der Waals surface area (Å²) in [7, 11) is 0. The van der Waals surface area contributed by atoms with Crippen molar-refractivity contribution in [3.63, 3.8) is 0 Å². The number of hydrogen-bond acceptors (Lipinski definition) is 6. The molecule has 0 aromatic carbocycles. The lowest BCUT2D eigenvalue weighted by Crippen LogP contribution is -2.42. The Morgan fingerprint density at radius 3 is 3.00 bits per heavy atom. The van der Waals surface area contributed by atoms with Crippen LogP contribution in [0.3, 0.4) is 0 Å². The molecule has 0 bridgehead atoms. The molecule has 20 heavy (non-hydrogen) atoms. The van der Waals surface area contributed by atoms with E-state index >= 15 is 0 Å². The first-order valence-corrected chi connectivity index (χ1v) is 6.91. The van der Waals surface area contributed by atoms with Crippen molar-refractivity contribution in [2.75, 3.05) is 36.5 Å². The molecule has 1 aromatic rings. The Morgan fingerprint density at radius 1 is 1.55 bits per heavy atom. The van der Waals surface area contributed by atoms with Gasteiger partial charge >= 0.3 is 0 Å². The average Bonchev–Trinajstić information content (AvgIpc) is 2.47. The van der Waals surface area contributed by atoms with Gasteiger partial charge in [0.05, 0.1) is 29.8 Å². The lowest BCUT2D eigenvalue weighted by atomic mass is 10.2. The van der Waals surface area contributed by atoms with Crippen molar-refractivity contribution < 1.29 is 9.66 Å². The molecular formula is C13H20N4O3. The quantitative estimate of drug-likeness (QED) is 0.656. The number of anilines is 2. The normalized spacial score (nSPS) is 18.9. The van der Waals surface area contributed by atoms with E-state index in [9.17, 15) is 10.1 Å². The Hall–Kier alpha value is -1.89. The molecule has 0 spiro atoms. The van der Waals surface area contributed by atoms with Gasteiger partial charge in [-0.15, -0.1) is 0 Å². The highest BCUT2D eigenvalue weighted by molar-refractivity contribution is 5.56. The summed E-state index contributed by atoms with van der Waals surface area (Å²) in [6.45, 7) is 6.72. The Bertz CT molecular complexity index is 481. The summed E-state index contributed by atoms with van der Waals surface area (Å²) in [5.41, 5.74) is 0.0606. The van der Waals surface area contributed by atoms with Crippen LogP contribution in [0.2, 0.25) is 0 Å². The molecule has 1 saturated heterocycles. The van der Waals surface area contributed by atoms with Crippen LogP contribution in [0, 0.1) is 10.1 Å². The van der Waals surface area contributed by atoms with E-state index in [0.717, 1.165) is 13.0 Å². The number of nitrogens with zero attached hydrogens (tertiary/aromatic N) is 3. The number of pyridine rings is 1. The Labute approximate surface area is 118 Å². The minimum Gasteiger partial charge on any atom is -0.375 e. The highest BCUT2D eigenvalue weighted by atomic mass is 16.6. The number of morpholine rings is 1. The van der Waals surface area contributed by atoms with E-state index in [0.29, 0.717) is 31.3 Å². The molecule has 110 valence electrons. The first-order valence-electron chi connectivity index (χ1n) is 6.91. The minimum absolute atomic E-state index is 0.0606. The molecule has 1 aliphatic heterocycles. The van der Waals surface area contributed by atoms with Gasteiger partial charge < -0.3 is 15.0 Å². The molecule has 1 aliphatic rings. The number of aromatic nitrogens is 1. The second-order valence-electron chi connectivity index (χ2n) is 4.70. The molecule has 1 unspecified atom stereocenters. The first-order chi connectivity index (χ1) is 9.63.